The van der Waals surface area contributed by atoms with Crippen molar-refractivity contribution >= 4 is 0 Å². The molecule has 1 aromatic rings. The number of aryl methyl sites for hydroxylation is 1. The third kappa shape index (κ3) is 4.58. The van der Waals surface area contributed by atoms with Crippen LogP contribution in [0.5, 0.6) is 0 Å². The number of aromatic nitrogens is 2. The van der Waals surface area contributed by atoms with Crippen LogP contribution in [0.1, 0.15) is 51.2 Å². The van der Waals surface area contributed by atoms with E-state index in [4.69, 9.17) is 4.52 Å². The van der Waals surface area contributed by atoms with Crippen LogP contribution < -0.4 is 5.32 Å². The van der Waals surface area contributed by atoms with E-state index in [2.05, 4.69) is 27.3 Å². The topological polar surface area (TPSA) is 54.2 Å². The zero-order chi connectivity index (χ0) is 13.5. The largest absolute Gasteiger partial charge is 0.338 e. The van der Waals surface area contributed by atoms with Crippen LogP contribution in [0, 0.1) is 0 Å². The molecule has 5 nitrogen and oxygen atoms in total. The van der Waals surface area contributed by atoms with Gasteiger partial charge in [-0.25, -0.2) is 0 Å². The second-order valence-electron chi connectivity index (χ2n) is 5.34. The summed E-state index contributed by atoms with van der Waals surface area (Å²) in [5.74, 6) is 1.57. The molecule has 1 aliphatic rings. The molecular weight excluding hydrogens is 240 g/mol. The molecule has 0 spiro atoms. The summed E-state index contributed by atoms with van der Waals surface area (Å²) in [6, 6.07) is 0.630. The molecule has 0 amide bonds. The van der Waals surface area contributed by atoms with E-state index < -0.39 is 0 Å². The summed E-state index contributed by atoms with van der Waals surface area (Å²) in [4.78, 5) is 6.86. The molecule has 2 heterocycles. The second-order valence-corrected chi connectivity index (χ2v) is 5.34. The van der Waals surface area contributed by atoms with Gasteiger partial charge in [-0.1, -0.05) is 25.4 Å². The van der Waals surface area contributed by atoms with Crippen LogP contribution in [0.4, 0.5) is 0 Å². The van der Waals surface area contributed by atoms with Crippen LogP contribution in [0.15, 0.2) is 4.52 Å². The van der Waals surface area contributed by atoms with E-state index in [1.165, 1.54) is 25.7 Å². The Labute approximate surface area is 115 Å². The van der Waals surface area contributed by atoms with Gasteiger partial charge in [0.15, 0.2) is 5.82 Å². The van der Waals surface area contributed by atoms with Crippen molar-refractivity contribution in [3.05, 3.63) is 11.7 Å². The average Bonchev–Trinajstić information content (AvgIpc) is 3.07. The zero-order valence-electron chi connectivity index (χ0n) is 12.2. The highest BCUT2D eigenvalue weighted by atomic mass is 16.5. The number of hydrogen-bond donors (Lipinski definition) is 1. The Morgan fingerprint density at radius 3 is 2.95 bits per heavy atom. The lowest BCUT2D eigenvalue weighted by Crippen LogP contribution is -2.37. The van der Waals surface area contributed by atoms with Crippen molar-refractivity contribution in [2.75, 3.05) is 19.6 Å². The van der Waals surface area contributed by atoms with E-state index in [1.807, 2.05) is 6.92 Å². The van der Waals surface area contributed by atoms with Gasteiger partial charge >= 0.3 is 0 Å². The minimum atomic E-state index is 0.630. The molecule has 1 saturated heterocycles. The Morgan fingerprint density at radius 2 is 2.32 bits per heavy atom. The van der Waals surface area contributed by atoms with Crippen molar-refractivity contribution in [2.45, 2.75) is 58.5 Å². The van der Waals surface area contributed by atoms with Gasteiger partial charge in [-0.3, -0.25) is 4.90 Å². The zero-order valence-corrected chi connectivity index (χ0v) is 12.2. The lowest BCUT2D eigenvalue weighted by atomic mass is 10.2. The summed E-state index contributed by atoms with van der Waals surface area (Å²) < 4.78 is 5.31. The predicted molar refractivity (Wildman–Crippen MR) is 74.9 cm³/mol. The van der Waals surface area contributed by atoms with E-state index in [9.17, 15) is 0 Å². The van der Waals surface area contributed by atoms with Crippen LogP contribution in [-0.4, -0.2) is 40.7 Å². The molecule has 1 aliphatic heterocycles. The number of unbranched alkanes of at least 4 members (excludes halogenated alkanes) is 1. The van der Waals surface area contributed by atoms with Crippen LogP contribution in [0.25, 0.3) is 0 Å². The summed E-state index contributed by atoms with van der Waals surface area (Å²) in [6.07, 6.45) is 5.86. The normalized spacial score (nSPS) is 19.4. The minimum absolute atomic E-state index is 0.630. The third-order valence-corrected chi connectivity index (χ3v) is 3.65. The first-order valence-electron chi connectivity index (χ1n) is 7.59. The second kappa shape index (κ2) is 7.60. The van der Waals surface area contributed by atoms with E-state index in [0.29, 0.717) is 6.04 Å². The molecule has 0 bridgehead atoms. The molecule has 108 valence electrons. The van der Waals surface area contributed by atoms with Gasteiger partial charge in [0.25, 0.3) is 0 Å². The van der Waals surface area contributed by atoms with Gasteiger partial charge in [0.1, 0.15) is 0 Å². The highest BCUT2D eigenvalue weighted by Crippen LogP contribution is 2.11. The van der Waals surface area contributed by atoms with Gasteiger partial charge in [0, 0.05) is 19.0 Å². The van der Waals surface area contributed by atoms with Gasteiger partial charge in [-0.15, -0.1) is 0 Å². The number of hydrogen-bond acceptors (Lipinski definition) is 5. The SMILES string of the molecule is CCCCN(Cc1nc(CC)no1)CC1CCCN1. The van der Waals surface area contributed by atoms with E-state index >= 15 is 0 Å². The Balaban J connectivity index is 1.87. The van der Waals surface area contributed by atoms with E-state index in [-0.39, 0.29) is 0 Å². The lowest BCUT2D eigenvalue weighted by molar-refractivity contribution is 0.206. The molecule has 1 atom stereocenters. The van der Waals surface area contributed by atoms with Gasteiger partial charge in [-0.05, 0) is 32.4 Å². The van der Waals surface area contributed by atoms with Crippen molar-refractivity contribution in [3.8, 4) is 0 Å². The molecule has 2 rings (SSSR count). The standard InChI is InChI=1S/C14H26N4O/c1-3-5-9-18(10-12-7-6-8-15-12)11-14-16-13(4-2)17-19-14/h12,15H,3-11H2,1-2H3. The fourth-order valence-electron chi connectivity index (χ4n) is 2.53. The molecule has 0 aromatic carbocycles. The predicted octanol–water partition coefficient (Wildman–Crippen LogP) is 1.99. The van der Waals surface area contributed by atoms with E-state index in [1.54, 1.807) is 0 Å². The summed E-state index contributed by atoms with van der Waals surface area (Å²) in [5.41, 5.74) is 0. The number of nitrogens with zero attached hydrogens (tertiary/aromatic N) is 3. The van der Waals surface area contributed by atoms with Crippen molar-refractivity contribution in [2.24, 2.45) is 0 Å². The first kappa shape index (κ1) is 14.5. The molecule has 0 aliphatic carbocycles. The highest BCUT2D eigenvalue weighted by molar-refractivity contribution is 4.87. The van der Waals surface area contributed by atoms with Crippen molar-refractivity contribution < 1.29 is 4.52 Å². The van der Waals surface area contributed by atoms with Crippen molar-refractivity contribution in [1.82, 2.24) is 20.4 Å². The van der Waals surface area contributed by atoms with Crippen LogP contribution in [-0.2, 0) is 13.0 Å². The van der Waals surface area contributed by atoms with Crippen LogP contribution in [0.2, 0.25) is 0 Å². The highest BCUT2D eigenvalue weighted by Gasteiger charge is 2.19. The maximum absolute atomic E-state index is 5.31. The third-order valence-electron chi connectivity index (χ3n) is 3.65. The van der Waals surface area contributed by atoms with Crippen LogP contribution in [0.3, 0.4) is 0 Å². The Kier molecular flexibility index (Phi) is 5.79. The fraction of sp³-hybridized carbons (Fsp3) is 0.857. The first-order chi connectivity index (χ1) is 9.31. The molecule has 1 unspecified atom stereocenters. The van der Waals surface area contributed by atoms with E-state index in [0.717, 1.165) is 44.3 Å². The van der Waals surface area contributed by atoms with Gasteiger partial charge in [0.2, 0.25) is 5.89 Å². The molecule has 1 fully saturated rings. The molecule has 0 saturated carbocycles. The number of rotatable bonds is 8. The summed E-state index contributed by atoms with van der Waals surface area (Å²) in [7, 11) is 0. The minimum Gasteiger partial charge on any atom is -0.338 e. The summed E-state index contributed by atoms with van der Waals surface area (Å²) in [6.45, 7) is 8.42. The molecular formula is C14H26N4O. The van der Waals surface area contributed by atoms with Gasteiger partial charge in [0.05, 0.1) is 6.54 Å². The summed E-state index contributed by atoms with van der Waals surface area (Å²) in [5, 5.41) is 7.53. The fourth-order valence-corrected chi connectivity index (χ4v) is 2.53. The van der Waals surface area contributed by atoms with Crippen LogP contribution >= 0.6 is 0 Å². The number of nitrogens with one attached hydrogen (secondary N) is 1. The average molecular weight is 266 g/mol. The molecule has 1 aromatic heterocycles. The van der Waals surface area contributed by atoms with Gasteiger partial charge in [-0.2, -0.15) is 4.98 Å². The molecule has 0 radical (unpaired) electrons. The Bertz CT molecular complexity index is 360. The molecule has 1 N–H and O–H groups in total. The lowest BCUT2D eigenvalue weighted by Gasteiger charge is -2.23. The molecule has 19 heavy (non-hydrogen) atoms. The quantitative estimate of drug-likeness (QED) is 0.780. The van der Waals surface area contributed by atoms with Gasteiger partial charge < -0.3 is 9.84 Å². The smallest absolute Gasteiger partial charge is 0.240 e. The Hall–Kier alpha value is -0.940. The van der Waals surface area contributed by atoms with Crippen molar-refractivity contribution in [1.29, 1.82) is 0 Å². The maximum Gasteiger partial charge on any atom is 0.240 e. The van der Waals surface area contributed by atoms with Crippen molar-refractivity contribution in [3.63, 3.8) is 0 Å². The monoisotopic (exact) mass is 266 g/mol. The Morgan fingerprint density at radius 1 is 1.42 bits per heavy atom. The molecule has 5 heteroatoms. The summed E-state index contributed by atoms with van der Waals surface area (Å²) >= 11 is 0. The maximum atomic E-state index is 5.31. The first-order valence-corrected chi connectivity index (χ1v) is 7.59.